The zero-order valence-electron chi connectivity index (χ0n) is 14.6. The summed E-state index contributed by atoms with van der Waals surface area (Å²) in [6, 6.07) is 1.93. The van der Waals surface area contributed by atoms with Crippen molar-refractivity contribution in [2.45, 2.75) is 40.2 Å². The van der Waals surface area contributed by atoms with Crippen molar-refractivity contribution in [1.29, 1.82) is 0 Å². The largest absolute Gasteiger partial charge is 0.367 e. The van der Waals surface area contributed by atoms with Crippen LogP contribution in [0.5, 0.6) is 0 Å². The molecule has 24 heavy (non-hydrogen) atoms. The first-order chi connectivity index (χ1) is 11.4. The number of aromatic amines is 1. The summed E-state index contributed by atoms with van der Waals surface area (Å²) >= 11 is 0. The summed E-state index contributed by atoms with van der Waals surface area (Å²) in [5.74, 6) is 0.737. The van der Waals surface area contributed by atoms with Gasteiger partial charge in [0.15, 0.2) is 5.82 Å². The van der Waals surface area contributed by atoms with Gasteiger partial charge in [-0.25, -0.2) is 9.97 Å². The molecule has 2 aromatic rings. The molecule has 3 rings (SSSR count). The van der Waals surface area contributed by atoms with E-state index in [9.17, 15) is 4.79 Å². The van der Waals surface area contributed by atoms with Crippen LogP contribution in [0.3, 0.4) is 0 Å². The molecule has 0 unspecified atom stereocenters. The van der Waals surface area contributed by atoms with E-state index in [4.69, 9.17) is 4.74 Å². The van der Waals surface area contributed by atoms with Crippen LogP contribution >= 0.6 is 0 Å². The first-order valence-corrected chi connectivity index (χ1v) is 8.16. The highest BCUT2D eigenvalue weighted by atomic mass is 16.5. The summed E-state index contributed by atoms with van der Waals surface area (Å²) in [4.78, 5) is 23.4. The van der Waals surface area contributed by atoms with Gasteiger partial charge in [0, 0.05) is 29.2 Å². The Hall–Kier alpha value is -2.28. The number of carbonyl (C=O) groups is 1. The number of morpholine rings is 1. The van der Waals surface area contributed by atoms with Gasteiger partial charge in [0.2, 0.25) is 5.91 Å². The smallest absolute Gasteiger partial charge is 0.227 e. The highest BCUT2D eigenvalue weighted by Gasteiger charge is 2.28. The number of H-pyrrole nitrogens is 1. The SMILES string of the molecule is Cc1cc(C)nc([C@@H]2CN(C(=O)Cc3c(C)n[nH]c3C)CCO2)n1. The van der Waals surface area contributed by atoms with Crippen LogP contribution < -0.4 is 0 Å². The maximum absolute atomic E-state index is 12.7. The highest BCUT2D eigenvalue weighted by molar-refractivity contribution is 5.79. The predicted molar refractivity (Wildman–Crippen MR) is 88.5 cm³/mol. The molecule has 1 atom stereocenters. The zero-order chi connectivity index (χ0) is 17.3. The fraction of sp³-hybridized carbons (Fsp3) is 0.529. The normalized spacial score (nSPS) is 18.0. The molecule has 0 saturated carbocycles. The standard InChI is InChI=1S/C17H23N5O2/c1-10-7-11(2)19-17(18-10)15-9-22(5-6-24-15)16(23)8-14-12(3)20-21-13(14)4/h7,15H,5-6,8-9H2,1-4H3,(H,20,21)/t15-/m0/s1. The number of nitrogens with zero attached hydrogens (tertiary/aromatic N) is 4. The molecule has 1 aliphatic rings. The van der Waals surface area contributed by atoms with Gasteiger partial charge in [-0.1, -0.05) is 0 Å². The summed E-state index contributed by atoms with van der Waals surface area (Å²) < 4.78 is 5.80. The van der Waals surface area contributed by atoms with Crippen LogP contribution in [0.1, 0.15) is 40.3 Å². The third-order valence-corrected chi connectivity index (χ3v) is 4.32. The lowest BCUT2D eigenvalue weighted by atomic mass is 10.1. The lowest BCUT2D eigenvalue weighted by Crippen LogP contribution is -2.43. The van der Waals surface area contributed by atoms with Crippen LogP contribution in [-0.4, -0.2) is 50.7 Å². The minimum atomic E-state index is -0.271. The summed E-state index contributed by atoms with van der Waals surface area (Å²) in [5.41, 5.74) is 4.63. The first-order valence-electron chi connectivity index (χ1n) is 8.16. The van der Waals surface area contributed by atoms with Gasteiger partial charge < -0.3 is 9.64 Å². The fourth-order valence-corrected chi connectivity index (χ4v) is 3.03. The summed E-state index contributed by atoms with van der Waals surface area (Å²) in [5, 5.41) is 7.08. The van der Waals surface area contributed by atoms with Gasteiger partial charge in [0.1, 0.15) is 6.10 Å². The molecular weight excluding hydrogens is 306 g/mol. The first kappa shape index (κ1) is 16.6. The van der Waals surface area contributed by atoms with E-state index >= 15 is 0 Å². The molecule has 1 fully saturated rings. The summed E-state index contributed by atoms with van der Waals surface area (Å²) in [7, 11) is 0. The molecule has 0 bridgehead atoms. The summed E-state index contributed by atoms with van der Waals surface area (Å²) in [6.45, 7) is 9.30. The zero-order valence-corrected chi connectivity index (χ0v) is 14.6. The van der Waals surface area contributed by atoms with E-state index < -0.39 is 0 Å². The van der Waals surface area contributed by atoms with Crippen molar-refractivity contribution < 1.29 is 9.53 Å². The molecule has 2 aromatic heterocycles. The number of nitrogens with one attached hydrogen (secondary N) is 1. The molecule has 7 heteroatoms. The maximum atomic E-state index is 12.7. The van der Waals surface area contributed by atoms with Crippen molar-refractivity contribution in [3.05, 3.63) is 40.2 Å². The van der Waals surface area contributed by atoms with E-state index in [2.05, 4.69) is 20.2 Å². The van der Waals surface area contributed by atoms with Crippen molar-refractivity contribution in [2.75, 3.05) is 19.7 Å². The Balaban J connectivity index is 1.72. The Morgan fingerprint density at radius 1 is 1.29 bits per heavy atom. The van der Waals surface area contributed by atoms with E-state index in [-0.39, 0.29) is 12.0 Å². The van der Waals surface area contributed by atoms with Gasteiger partial charge in [-0.3, -0.25) is 9.89 Å². The van der Waals surface area contributed by atoms with Gasteiger partial charge in [-0.05, 0) is 33.8 Å². The predicted octanol–water partition coefficient (Wildman–Crippen LogP) is 1.58. The Morgan fingerprint density at radius 2 is 2.00 bits per heavy atom. The molecule has 0 aliphatic carbocycles. The number of hydrogen-bond donors (Lipinski definition) is 1. The third kappa shape index (κ3) is 3.46. The maximum Gasteiger partial charge on any atom is 0.227 e. The van der Waals surface area contributed by atoms with E-state index in [1.165, 1.54) is 0 Å². The number of carbonyl (C=O) groups excluding carboxylic acids is 1. The topological polar surface area (TPSA) is 84.0 Å². The fourth-order valence-electron chi connectivity index (χ4n) is 3.03. The van der Waals surface area contributed by atoms with Crippen molar-refractivity contribution in [3.8, 4) is 0 Å². The van der Waals surface area contributed by atoms with E-state index in [0.29, 0.717) is 31.9 Å². The average molecular weight is 329 g/mol. The summed E-state index contributed by atoms with van der Waals surface area (Å²) in [6.07, 6.45) is 0.0852. The second-order valence-electron chi connectivity index (χ2n) is 6.30. The molecule has 0 aromatic carbocycles. The molecule has 1 N–H and O–H groups in total. The molecule has 1 aliphatic heterocycles. The lowest BCUT2D eigenvalue weighted by Gasteiger charge is -2.32. The molecule has 1 saturated heterocycles. The molecule has 1 amide bonds. The van der Waals surface area contributed by atoms with Crippen molar-refractivity contribution in [3.63, 3.8) is 0 Å². The number of hydrogen-bond acceptors (Lipinski definition) is 5. The second kappa shape index (κ2) is 6.68. The lowest BCUT2D eigenvalue weighted by molar-refractivity contribution is -0.138. The van der Waals surface area contributed by atoms with Crippen LogP contribution in [0, 0.1) is 27.7 Å². The molecule has 7 nitrogen and oxygen atoms in total. The van der Waals surface area contributed by atoms with Crippen LogP contribution in [0.2, 0.25) is 0 Å². The van der Waals surface area contributed by atoms with Crippen molar-refractivity contribution >= 4 is 5.91 Å². The van der Waals surface area contributed by atoms with Crippen molar-refractivity contribution in [2.24, 2.45) is 0 Å². The quantitative estimate of drug-likeness (QED) is 0.924. The van der Waals surface area contributed by atoms with Crippen LogP contribution in [0.25, 0.3) is 0 Å². The molecule has 3 heterocycles. The van der Waals surface area contributed by atoms with E-state index in [1.807, 2.05) is 38.7 Å². The Labute approximate surface area is 141 Å². The third-order valence-electron chi connectivity index (χ3n) is 4.32. The Morgan fingerprint density at radius 3 is 2.62 bits per heavy atom. The Kier molecular flexibility index (Phi) is 4.62. The number of amides is 1. The minimum Gasteiger partial charge on any atom is -0.367 e. The Bertz CT molecular complexity index is 716. The average Bonchev–Trinajstić information content (AvgIpc) is 2.86. The second-order valence-corrected chi connectivity index (χ2v) is 6.30. The van der Waals surface area contributed by atoms with Crippen LogP contribution in [0.15, 0.2) is 6.07 Å². The van der Waals surface area contributed by atoms with Gasteiger partial charge in [0.05, 0.1) is 25.3 Å². The molecule has 128 valence electrons. The number of aromatic nitrogens is 4. The van der Waals surface area contributed by atoms with Gasteiger partial charge >= 0.3 is 0 Å². The number of rotatable bonds is 3. The molecule has 0 radical (unpaired) electrons. The number of aryl methyl sites for hydroxylation is 4. The van der Waals surface area contributed by atoms with E-state index in [1.54, 1.807) is 0 Å². The molecule has 0 spiro atoms. The van der Waals surface area contributed by atoms with Crippen molar-refractivity contribution in [1.82, 2.24) is 25.1 Å². The monoisotopic (exact) mass is 329 g/mol. The number of ether oxygens (including phenoxy) is 1. The van der Waals surface area contributed by atoms with Gasteiger partial charge in [0.25, 0.3) is 0 Å². The van der Waals surface area contributed by atoms with Crippen LogP contribution in [0.4, 0.5) is 0 Å². The van der Waals surface area contributed by atoms with Crippen LogP contribution in [-0.2, 0) is 16.0 Å². The van der Waals surface area contributed by atoms with Gasteiger partial charge in [-0.2, -0.15) is 5.10 Å². The highest BCUT2D eigenvalue weighted by Crippen LogP contribution is 2.21. The minimum absolute atomic E-state index is 0.0836. The van der Waals surface area contributed by atoms with E-state index in [0.717, 1.165) is 28.3 Å². The molecular formula is C17H23N5O2. The van der Waals surface area contributed by atoms with Gasteiger partial charge in [-0.15, -0.1) is 0 Å².